The molecule has 0 aliphatic rings. The fraction of sp³-hybridized carbons (Fsp3) is 0.167. The summed E-state index contributed by atoms with van der Waals surface area (Å²) >= 11 is 5.93. The Balaban J connectivity index is 2.16. The molecule has 4 heteroatoms. The number of carbonyl (C=O) groups is 1. The number of aromatic nitrogens is 1. The lowest BCUT2D eigenvalue weighted by Crippen LogP contribution is -2.08. The van der Waals surface area contributed by atoms with E-state index < -0.39 is 0 Å². The molecule has 22 heavy (non-hydrogen) atoms. The minimum atomic E-state index is -0.0865. The maximum absolute atomic E-state index is 12.9. The number of phenolic OH excluding ortho intramolecular Hbond substituents is 1. The molecule has 112 valence electrons. The minimum Gasteiger partial charge on any atom is -0.506 e. The largest absolute Gasteiger partial charge is 0.506 e. The second-order valence-corrected chi connectivity index (χ2v) is 5.67. The zero-order chi connectivity index (χ0) is 15.7. The molecule has 0 fully saturated rings. The van der Waals surface area contributed by atoms with Crippen molar-refractivity contribution in [3.05, 3.63) is 70.5 Å². The molecule has 0 spiro atoms. The van der Waals surface area contributed by atoms with Crippen molar-refractivity contribution in [1.82, 2.24) is 4.40 Å². The Kier molecular flexibility index (Phi) is 3.90. The Morgan fingerprint density at radius 2 is 2.05 bits per heavy atom. The first kappa shape index (κ1) is 14.7. The molecule has 0 aliphatic carbocycles. The van der Waals surface area contributed by atoms with Crippen LogP contribution in [0.5, 0.6) is 5.75 Å². The van der Waals surface area contributed by atoms with Gasteiger partial charge in [-0.1, -0.05) is 31.0 Å². The van der Waals surface area contributed by atoms with E-state index in [4.69, 9.17) is 11.6 Å². The lowest BCUT2D eigenvalue weighted by molar-refractivity contribution is 0.103. The number of carbonyl (C=O) groups excluding carboxylic acids is 1. The first-order valence-electron chi connectivity index (χ1n) is 7.24. The Bertz CT molecular complexity index is 851. The van der Waals surface area contributed by atoms with Gasteiger partial charge in [0.15, 0.2) is 0 Å². The number of rotatable bonds is 4. The summed E-state index contributed by atoms with van der Waals surface area (Å²) in [5.74, 6) is -0.108. The summed E-state index contributed by atoms with van der Waals surface area (Å²) in [4.78, 5) is 12.9. The highest BCUT2D eigenvalue weighted by Gasteiger charge is 2.19. The summed E-state index contributed by atoms with van der Waals surface area (Å²) < 4.78 is 1.91. The Hall–Kier alpha value is -2.26. The van der Waals surface area contributed by atoms with Crippen molar-refractivity contribution in [3.8, 4) is 5.75 Å². The van der Waals surface area contributed by atoms with Crippen LogP contribution in [0.4, 0.5) is 0 Å². The third-order valence-corrected chi connectivity index (χ3v) is 4.01. The summed E-state index contributed by atoms with van der Waals surface area (Å²) in [5, 5.41) is 9.70. The molecule has 1 aromatic carbocycles. The van der Waals surface area contributed by atoms with Crippen LogP contribution in [0.25, 0.3) is 5.52 Å². The summed E-state index contributed by atoms with van der Waals surface area (Å²) in [6.07, 6.45) is 3.70. The second-order valence-electron chi connectivity index (χ2n) is 5.26. The van der Waals surface area contributed by atoms with E-state index in [1.54, 1.807) is 6.07 Å². The molecule has 3 rings (SSSR count). The number of phenols is 1. The van der Waals surface area contributed by atoms with Gasteiger partial charge in [-0.05, 0) is 48.4 Å². The molecule has 0 unspecified atom stereocenters. The number of benzene rings is 1. The third kappa shape index (κ3) is 2.48. The maximum atomic E-state index is 12.9. The van der Waals surface area contributed by atoms with E-state index in [9.17, 15) is 9.90 Å². The van der Waals surface area contributed by atoms with Crippen LogP contribution >= 0.6 is 11.6 Å². The van der Waals surface area contributed by atoms with E-state index >= 15 is 0 Å². The van der Waals surface area contributed by atoms with E-state index in [0.717, 1.165) is 23.9 Å². The topological polar surface area (TPSA) is 41.7 Å². The Labute approximate surface area is 133 Å². The van der Waals surface area contributed by atoms with Gasteiger partial charge in [-0.2, -0.15) is 0 Å². The number of pyridine rings is 1. The van der Waals surface area contributed by atoms with Crippen molar-refractivity contribution in [2.75, 3.05) is 0 Å². The molecule has 0 atom stereocenters. The van der Waals surface area contributed by atoms with Crippen LogP contribution in [0.2, 0.25) is 5.02 Å². The fourth-order valence-corrected chi connectivity index (χ4v) is 2.86. The standard InChI is InChI=1S/C18H16ClNO2/c1-2-5-12-10-14-6-3-4-9-20(14)17(12)18(22)13-7-8-16(21)15(19)11-13/h3-4,6-11,21H,2,5H2,1H3. The van der Waals surface area contributed by atoms with Crippen LogP contribution < -0.4 is 0 Å². The lowest BCUT2D eigenvalue weighted by atomic mass is 10.0. The number of aryl methyl sites for hydroxylation is 1. The SMILES string of the molecule is CCCc1cc2ccccn2c1C(=O)c1ccc(O)c(Cl)c1. The van der Waals surface area contributed by atoms with Crippen LogP contribution in [-0.4, -0.2) is 15.3 Å². The van der Waals surface area contributed by atoms with Gasteiger partial charge in [0.2, 0.25) is 5.78 Å². The number of halogens is 1. The van der Waals surface area contributed by atoms with Crippen molar-refractivity contribution in [2.45, 2.75) is 19.8 Å². The number of fused-ring (bicyclic) bond motifs is 1. The van der Waals surface area contributed by atoms with Crippen LogP contribution in [-0.2, 0) is 6.42 Å². The average Bonchev–Trinajstić information content (AvgIpc) is 2.87. The predicted molar refractivity (Wildman–Crippen MR) is 87.9 cm³/mol. The lowest BCUT2D eigenvalue weighted by Gasteiger charge is -2.07. The van der Waals surface area contributed by atoms with Gasteiger partial charge in [-0.3, -0.25) is 4.79 Å². The third-order valence-electron chi connectivity index (χ3n) is 3.70. The van der Waals surface area contributed by atoms with Crippen molar-refractivity contribution in [1.29, 1.82) is 0 Å². The van der Waals surface area contributed by atoms with Crippen LogP contribution in [0.3, 0.4) is 0 Å². The molecule has 0 bridgehead atoms. The van der Waals surface area contributed by atoms with E-state index in [2.05, 4.69) is 13.0 Å². The van der Waals surface area contributed by atoms with E-state index in [1.807, 2.05) is 28.8 Å². The molecule has 0 saturated carbocycles. The van der Waals surface area contributed by atoms with E-state index in [-0.39, 0.29) is 16.6 Å². The molecule has 0 aliphatic heterocycles. The first-order valence-corrected chi connectivity index (χ1v) is 7.61. The number of nitrogens with zero attached hydrogens (tertiary/aromatic N) is 1. The summed E-state index contributed by atoms with van der Waals surface area (Å²) in [6.45, 7) is 2.09. The zero-order valence-electron chi connectivity index (χ0n) is 12.2. The number of hydrogen-bond acceptors (Lipinski definition) is 2. The smallest absolute Gasteiger partial charge is 0.210 e. The number of ketones is 1. The molecule has 0 saturated heterocycles. The fourth-order valence-electron chi connectivity index (χ4n) is 2.68. The van der Waals surface area contributed by atoms with Gasteiger partial charge in [0.25, 0.3) is 0 Å². The zero-order valence-corrected chi connectivity index (χ0v) is 13.0. The van der Waals surface area contributed by atoms with Gasteiger partial charge < -0.3 is 9.51 Å². The summed E-state index contributed by atoms with van der Waals surface area (Å²) in [7, 11) is 0. The number of aromatic hydroxyl groups is 1. The van der Waals surface area contributed by atoms with E-state index in [1.165, 1.54) is 12.1 Å². The van der Waals surface area contributed by atoms with E-state index in [0.29, 0.717) is 11.3 Å². The molecule has 0 amide bonds. The Morgan fingerprint density at radius 1 is 1.23 bits per heavy atom. The van der Waals surface area contributed by atoms with Crippen molar-refractivity contribution >= 4 is 22.9 Å². The highest BCUT2D eigenvalue weighted by atomic mass is 35.5. The molecule has 2 aromatic heterocycles. The molecule has 3 nitrogen and oxygen atoms in total. The Morgan fingerprint density at radius 3 is 2.77 bits per heavy atom. The van der Waals surface area contributed by atoms with Gasteiger partial charge in [0.05, 0.1) is 10.7 Å². The molecule has 1 N–H and O–H groups in total. The van der Waals surface area contributed by atoms with Crippen molar-refractivity contribution in [3.63, 3.8) is 0 Å². The minimum absolute atomic E-state index is 0.0213. The number of hydrogen-bond donors (Lipinski definition) is 1. The molecular weight excluding hydrogens is 298 g/mol. The molecule has 0 radical (unpaired) electrons. The average molecular weight is 314 g/mol. The maximum Gasteiger partial charge on any atom is 0.210 e. The highest BCUT2D eigenvalue weighted by Crippen LogP contribution is 2.27. The van der Waals surface area contributed by atoms with Gasteiger partial charge >= 0.3 is 0 Å². The quantitative estimate of drug-likeness (QED) is 0.721. The molecule has 3 aromatic rings. The normalized spacial score (nSPS) is 11.0. The van der Waals surface area contributed by atoms with Crippen LogP contribution in [0.15, 0.2) is 48.7 Å². The van der Waals surface area contributed by atoms with Crippen molar-refractivity contribution < 1.29 is 9.90 Å². The molecular formula is C18H16ClNO2. The van der Waals surface area contributed by atoms with Crippen LogP contribution in [0, 0.1) is 0 Å². The summed E-state index contributed by atoms with van der Waals surface area (Å²) in [5.41, 5.74) is 3.17. The monoisotopic (exact) mass is 313 g/mol. The van der Waals surface area contributed by atoms with Crippen LogP contribution in [0.1, 0.15) is 35.0 Å². The highest BCUT2D eigenvalue weighted by molar-refractivity contribution is 6.32. The molecule has 2 heterocycles. The van der Waals surface area contributed by atoms with Gasteiger partial charge in [-0.15, -0.1) is 0 Å². The van der Waals surface area contributed by atoms with Gasteiger partial charge in [0.1, 0.15) is 5.75 Å². The van der Waals surface area contributed by atoms with Gasteiger partial charge in [-0.25, -0.2) is 0 Å². The summed E-state index contributed by atoms with van der Waals surface area (Å²) in [6, 6.07) is 12.5. The predicted octanol–water partition coefficient (Wildman–Crippen LogP) is 4.48. The second kappa shape index (κ2) is 5.85. The van der Waals surface area contributed by atoms with Crippen molar-refractivity contribution in [2.24, 2.45) is 0 Å². The van der Waals surface area contributed by atoms with Gasteiger partial charge in [0, 0.05) is 17.3 Å². The first-order chi connectivity index (χ1) is 10.6.